The second kappa shape index (κ2) is 9.94. The van der Waals surface area contributed by atoms with Crippen LogP contribution in [0.5, 0.6) is 5.75 Å². The number of carbonyl (C=O) groups is 2. The van der Waals surface area contributed by atoms with Gasteiger partial charge in [0.05, 0.1) is 13.7 Å². The van der Waals surface area contributed by atoms with Crippen molar-refractivity contribution in [2.24, 2.45) is 0 Å². The van der Waals surface area contributed by atoms with Gasteiger partial charge in [0, 0.05) is 29.5 Å². The molecule has 0 bridgehead atoms. The summed E-state index contributed by atoms with van der Waals surface area (Å²) in [6, 6.07) is 23.9. The van der Waals surface area contributed by atoms with E-state index in [1.165, 1.54) is 0 Å². The minimum atomic E-state index is -0.213. The summed E-state index contributed by atoms with van der Waals surface area (Å²) in [4.78, 5) is 24.6. The molecule has 3 aromatic carbocycles. The molecule has 0 saturated carbocycles. The van der Waals surface area contributed by atoms with Crippen molar-refractivity contribution in [1.29, 1.82) is 0 Å². The quantitative estimate of drug-likeness (QED) is 0.549. The average molecular weight is 389 g/mol. The van der Waals surface area contributed by atoms with Crippen molar-refractivity contribution in [1.82, 2.24) is 5.32 Å². The Labute approximate surface area is 169 Å². The fourth-order valence-electron chi connectivity index (χ4n) is 2.74. The van der Waals surface area contributed by atoms with Gasteiger partial charge in [0.2, 0.25) is 5.91 Å². The lowest BCUT2D eigenvalue weighted by atomic mass is 10.1. The lowest BCUT2D eigenvalue weighted by Gasteiger charge is -2.10. The molecule has 2 amide bonds. The summed E-state index contributed by atoms with van der Waals surface area (Å²) >= 11 is 0. The summed E-state index contributed by atoms with van der Waals surface area (Å²) in [5, 5.41) is 8.72. The Morgan fingerprint density at radius 1 is 0.862 bits per heavy atom. The molecule has 0 saturated heterocycles. The lowest BCUT2D eigenvalue weighted by molar-refractivity contribution is -0.114. The van der Waals surface area contributed by atoms with Crippen LogP contribution in [0.1, 0.15) is 15.9 Å². The highest BCUT2D eigenvalue weighted by Gasteiger charge is 2.08. The molecule has 3 rings (SSSR count). The summed E-state index contributed by atoms with van der Waals surface area (Å²) in [5.41, 5.74) is 2.86. The second-order valence-corrected chi connectivity index (χ2v) is 6.38. The summed E-state index contributed by atoms with van der Waals surface area (Å²) < 4.78 is 5.16. The largest absolute Gasteiger partial charge is 0.497 e. The molecular weight excluding hydrogens is 366 g/mol. The Morgan fingerprint density at radius 2 is 1.62 bits per heavy atom. The maximum atomic E-state index is 12.4. The lowest BCUT2D eigenvalue weighted by Crippen LogP contribution is -2.24. The van der Waals surface area contributed by atoms with E-state index in [1.807, 2.05) is 54.6 Å². The number of methoxy groups -OCH3 is 1. The number of ether oxygens (including phenoxy) is 1. The number of carbonyl (C=O) groups excluding carboxylic acids is 2. The monoisotopic (exact) mass is 389 g/mol. The Morgan fingerprint density at radius 3 is 2.41 bits per heavy atom. The zero-order valence-corrected chi connectivity index (χ0v) is 16.1. The number of benzene rings is 3. The molecule has 148 valence electrons. The van der Waals surface area contributed by atoms with Crippen molar-refractivity contribution >= 4 is 23.2 Å². The number of hydrogen-bond donors (Lipinski definition) is 3. The van der Waals surface area contributed by atoms with Crippen LogP contribution in [0, 0.1) is 0 Å². The number of rotatable bonds is 8. The molecule has 0 aliphatic rings. The van der Waals surface area contributed by atoms with Gasteiger partial charge in [-0.3, -0.25) is 9.59 Å². The SMILES string of the molecule is COc1cccc(NCC(=O)Nc2cccc(C(=O)NCc3ccccc3)c2)c1. The number of nitrogens with one attached hydrogen (secondary N) is 3. The first-order valence-corrected chi connectivity index (χ1v) is 9.24. The van der Waals surface area contributed by atoms with E-state index in [0.29, 0.717) is 23.5 Å². The predicted octanol–water partition coefficient (Wildman–Crippen LogP) is 3.68. The first-order valence-electron chi connectivity index (χ1n) is 9.24. The fourth-order valence-corrected chi connectivity index (χ4v) is 2.74. The third-order valence-corrected chi connectivity index (χ3v) is 4.23. The number of anilines is 2. The summed E-state index contributed by atoms with van der Waals surface area (Å²) in [6.45, 7) is 0.540. The van der Waals surface area contributed by atoms with Crippen LogP contribution in [0.2, 0.25) is 0 Å². The Bertz CT molecular complexity index is 974. The zero-order chi connectivity index (χ0) is 20.5. The van der Waals surface area contributed by atoms with Crippen LogP contribution in [-0.4, -0.2) is 25.5 Å². The smallest absolute Gasteiger partial charge is 0.251 e. The van der Waals surface area contributed by atoms with Gasteiger partial charge >= 0.3 is 0 Å². The van der Waals surface area contributed by atoms with Crippen molar-refractivity contribution in [3.05, 3.63) is 90.0 Å². The fraction of sp³-hybridized carbons (Fsp3) is 0.130. The molecule has 3 aromatic rings. The van der Waals surface area contributed by atoms with Gasteiger partial charge in [0.25, 0.3) is 5.91 Å². The molecule has 6 nitrogen and oxygen atoms in total. The number of amides is 2. The van der Waals surface area contributed by atoms with E-state index in [-0.39, 0.29) is 18.4 Å². The van der Waals surface area contributed by atoms with E-state index in [9.17, 15) is 9.59 Å². The first kappa shape index (κ1) is 19.9. The zero-order valence-electron chi connectivity index (χ0n) is 16.1. The van der Waals surface area contributed by atoms with Crippen molar-refractivity contribution < 1.29 is 14.3 Å². The standard InChI is InChI=1S/C23H23N3O3/c1-29-21-12-6-10-19(14-21)24-16-22(27)26-20-11-5-9-18(13-20)23(28)25-15-17-7-3-2-4-8-17/h2-14,24H,15-16H2,1H3,(H,25,28)(H,26,27). The molecule has 0 unspecified atom stereocenters. The van der Waals surface area contributed by atoms with Crippen LogP contribution in [0.15, 0.2) is 78.9 Å². The minimum Gasteiger partial charge on any atom is -0.497 e. The molecule has 6 heteroatoms. The summed E-state index contributed by atoms with van der Waals surface area (Å²) in [7, 11) is 1.59. The van der Waals surface area contributed by atoms with Crippen LogP contribution >= 0.6 is 0 Å². The van der Waals surface area contributed by atoms with Crippen molar-refractivity contribution in [2.45, 2.75) is 6.54 Å². The van der Waals surface area contributed by atoms with Gasteiger partial charge in [0.15, 0.2) is 0 Å². The normalized spacial score (nSPS) is 10.1. The van der Waals surface area contributed by atoms with Crippen LogP contribution in [0.3, 0.4) is 0 Å². The highest BCUT2D eigenvalue weighted by molar-refractivity contribution is 5.98. The van der Waals surface area contributed by atoms with Crippen LogP contribution in [0.25, 0.3) is 0 Å². The maximum Gasteiger partial charge on any atom is 0.251 e. The van der Waals surface area contributed by atoms with Gasteiger partial charge in [-0.2, -0.15) is 0 Å². The topological polar surface area (TPSA) is 79.5 Å². The highest BCUT2D eigenvalue weighted by Crippen LogP contribution is 2.16. The predicted molar refractivity (Wildman–Crippen MR) is 114 cm³/mol. The van der Waals surface area contributed by atoms with Crippen LogP contribution in [0.4, 0.5) is 11.4 Å². The third kappa shape index (κ3) is 6.10. The van der Waals surface area contributed by atoms with E-state index in [4.69, 9.17) is 4.74 Å². The van der Waals surface area contributed by atoms with Gasteiger partial charge in [-0.15, -0.1) is 0 Å². The maximum absolute atomic E-state index is 12.4. The molecule has 0 spiro atoms. The molecule has 0 fully saturated rings. The minimum absolute atomic E-state index is 0.0948. The Hall–Kier alpha value is -3.80. The van der Waals surface area contributed by atoms with Gasteiger partial charge in [-0.1, -0.05) is 42.5 Å². The second-order valence-electron chi connectivity index (χ2n) is 6.38. The van der Waals surface area contributed by atoms with Gasteiger partial charge in [0.1, 0.15) is 5.75 Å². The van der Waals surface area contributed by atoms with Gasteiger partial charge in [-0.05, 0) is 35.9 Å². The number of hydrogen-bond acceptors (Lipinski definition) is 4. The average Bonchev–Trinajstić information content (AvgIpc) is 2.77. The summed E-state index contributed by atoms with van der Waals surface area (Å²) in [5.74, 6) is 0.304. The van der Waals surface area contributed by atoms with E-state index < -0.39 is 0 Å². The molecule has 0 aliphatic heterocycles. The molecule has 0 aliphatic carbocycles. The van der Waals surface area contributed by atoms with Crippen molar-refractivity contribution in [2.75, 3.05) is 24.3 Å². The molecule has 3 N–H and O–H groups in total. The van der Waals surface area contributed by atoms with E-state index >= 15 is 0 Å². The molecular formula is C23H23N3O3. The molecule has 0 atom stereocenters. The van der Waals surface area contributed by atoms with Crippen LogP contribution in [-0.2, 0) is 11.3 Å². The van der Waals surface area contributed by atoms with Crippen LogP contribution < -0.4 is 20.7 Å². The van der Waals surface area contributed by atoms with E-state index in [1.54, 1.807) is 31.4 Å². The Kier molecular flexibility index (Phi) is 6.84. The summed E-state index contributed by atoms with van der Waals surface area (Å²) in [6.07, 6.45) is 0. The molecule has 0 radical (unpaired) electrons. The van der Waals surface area contributed by atoms with E-state index in [0.717, 1.165) is 11.3 Å². The third-order valence-electron chi connectivity index (χ3n) is 4.23. The van der Waals surface area contributed by atoms with Gasteiger partial charge in [-0.25, -0.2) is 0 Å². The molecule has 0 heterocycles. The van der Waals surface area contributed by atoms with Crippen molar-refractivity contribution in [3.63, 3.8) is 0 Å². The van der Waals surface area contributed by atoms with E-state index in [2.05, 4.69) is 16.0 Å². The van der Waals surface area contributed by atoms with Crippen molar-refractivity contribution in [3.8, 4) is 5.75 Å². The molecule has 29 heavy (non-hydrogen) atoms. The highest BCUT2D eigenvalue weighted by atomic mass is 16.5. The first-order chi connectivity index (χ1) is 14.1. The Balaban J connectivity index is 1.53. The van der Waals surface area contributed by atoms with Gasteiger partial charge < -0.3 is 20.7 Å². The molecule has 0 aromatic heterocycles.